The van der Waals surface area contributed by atoms with Crippen LogP contribution in [0.5, 0.6) is 0 Å². The second-order valence-corrected chi connectivity index (χ2v) is 23.6. The Bertz CT molecular complexity index is 1250. The largest absolute Gasteiger partial charge is 0.472 e. The van der Waals surface area contributed by atoms with Crippen molar-refractivity contribution in [3.63, 3.8) is 0 Å². The van der Waals surface area contributed by atoms with E-state index in [4.69, 9.17) is 18.5 Å². The molecule has 0 aliphatic rings. The lowest BCUT2D eigenvalue weighted by molar-refractivity contribution is -0.870. The Kier molecular flexibility index (Phi) is 52.2. The molecule has 71 heavy (non-hydrogen) atoms. The Morgan fingerprint density at radius 1 is 0.437 bits per heavy atom. The molecular formula is C61H119NO8P+. The van der Waals surface area contributed by atoms with E-state index < -0.39 is 26.5 Å². The molecule has 0 radical (unpaired) electrons. The van der Waals surface area contributed by atoms with Crippen LogP contribution in [-0.2, 0) is 32.7 Å². The van der Waals surface area contributed by atoms with Gasteiger partial charge in [-0.15, -0.1) is 0 Å². The van der Waals surface area contributed by atoms with Crippen molar-refractivity contribution in [2.45, 2.75) is 309 Å². The van der Waals surface area contributed by atoms with E-state index in [0.717, 1.165) is 44.9 Å². The lowest BCUT2D eigenvalue weighted by atomic mass is 10.0. The maximum absolute atomic E-state index is 12.7. The van der Waals surface area contributed by atoms with Crippen molar-refractivity contribution in [3.05, 3.63) is 24.3 Å². The molecular weight excluding hydrogens is 906 g/mol. The average Bonchev–Trinajstić information content (AvgIpc) is 3.33. The van der Waals surface area contributed by atoms with Crippen LogP contribution in [0.3, 0.4) is 0 Å². The summed E-state index contributed by atoms with van der Waals surface area (Å²) in [6, 6.07) is 0. The first-order chi connectivity index (χ1) is 34.5. The molecule has 0 aromatic heterocycles. The number of ether oxygens (including phenoxy) is 2. The summed E-state index contributed by atoms with van der Waals surface area (Å²) in [5.74, 6) is -0.787. The van der Waals surface area contributed by atoms with E-state index in [9.17, 15) is 19.0 Å². The van der Waals surface area contributed by atoms with Crippen LogP contribution in [0.25, 0.3) is 0 Å². The van der Waals surface area contributed by atoms with Gasteiger partial charge in [0.2, 0.25) is 0 Å². The van der Waals surface area contributed by atoms with E-state index in [1.54, 1.807) is 0 Å². The Morgan fingerprint density at radius 2 is 0.761 bits per heavy atom. The zero-order valence-corrected chi connectivity index (χ0v) is 48.6. The van der Waals surface area contributed by atoms with Crippen molar-refractivity contribution in [2.75, 3.05) is 47.5 Å². The van der Waals surface area contributed by atoms with Gasteiger partial charge in [0.1, 0.15) is 19.8 Å². The van der Waals surface area contributed by atoms with Crippen molar-refractivity contribution in [3.8, 4) is 0 Å². The van der Waals surface area contributed by atoms with Crippen LogP contribution in [0.15, 0.2) is 24.3 Å². The number of nitrogens with zero attached hydrogens (tertiary/aromatic N) is 1. The summed E-state index contributed by atoms with van der Waals surface area (Å²) < 4.78 is 34.4. The zero-order valence-electron chi connectivity index (χ0n) is 47.7. The number of likely N-dealkylation sites (N-methyl/N-ethyl adjacent to an activating group) is 1. The van der Waals surface area contributed by atoms with Gasteiger partial charge in [-0.3, -0.25) is 18.6 Å². The number of hydrogen-bond acceptors (Lipinski definition) is 7. The third kappa shape index (κ3) is 57.6. The van der Waals surface area contributed by atoms with Crippen LogP contribution in [0, 0.1) is 0 Å². The van der Waals surface area contributed by atoms with Crippen LogP contribution >= 0.6 is 7.82 Å². The highest BCUT2D eigenvalue weighted by Gasteiger charge is 2.27. The van der Waals surface area contributed by atoms with Crippen molar-refractivity contribution in [2.24, 2.45) is 0 Å². The predicted octanol–water partition coefficient (Wildman–Crippen LogP) is 19.0. The Labute approximate surface area is 440 Å². The van der Waals surface area contributed by atoms with Gasteiger partial charge in [-0.2, -0.15) is 0 Å². The Morgan fingerprint density at radius 3 is 1.11 bits per heavy atom. The van der Waals surface area contributed by atoms with E-state index in [2.05, 4.69) is 38.2 Å². The number of rotatable bonds is 57. The SMILES string of the molecule is CCCCCCC/C=C\C/C=C\CCCCCCCCCCCCCCCCCCCCCCCCCCCCCC(=O)OC(COC(=O)CCCCCCCCCC)COP(=O)(O)OCC[N+](C)(C)C. The molecule has 0 saturated carbocycles. The predicted molar refractivity (Wildman–Crippen MR) is 303 cm³/mol. The van der Waals surface area contributed by atoms with Crippen molar-refractivity contribution < 1.29 is 42.1 Å². The normalized spacial score (nSPS) is 13.4. The van der Waals surface area contributed by atoms with Crippen LogP contribution in [0.4, 0.5) is 0 Å². The average molecular weight is 1030 g/mol. The van der Waals surface area contributed by atoms with Gasteiger partial charge in [-0.25, -0.2) is 4.57 Å². The van der Waals surface area contributed by atoms with Crippen LogP contribution in [-0.4, -0.2) is 74.9 Å². The zero-order chi connectivity index (χ0) is 52.0. The highest BCUT2D eigenvalue weighted by Crippen LogP contribution is 2.43. The Balaban J connectivity index is 3.77. The molecule has 420 valence electrons. The highest BCUT2D eigenvalue weighted by atomic mass is 31.2. The fourth-order valence-corrected chi connectivity index (χ4v) is 9.73. The van der Waals surface area contributed by atoms with E-state index in [0.29, 0.717) is 17.4 Å². The number of hydrogen-bond donors (Lipinski definition) is 1. The van der Waals surface area contributed by atoms with Crippen molar-refractivity contribution in [1.29, 1.82) is 0 Å². The molecule has 10 heteroatoms. The molecule has 1 N–H and O–H groups in total. The molecule has 0 aromatic rings. The molecule has 0 saturated heterocycles. The highest BCUT2D eigenvalue weighted by molar-refractivity contribution is 7.47. The summed E-state index contributed by atoms with van der Waals surface area (Å²) in [5.41, 5.74) is 0. The Hall–Kier alpha value is -1.51. The van der Waals surface area contributed by atoms with E-state index in [1.807, 2.05) is 21.1 Å². The molecule has 0 bridgehead atoms. The number of allylic oxidation sites excluding steroid dienone is 4. The van der Waals surface area contributed by atoms with E-state index in [-0.39, 0.29) is 25.6 Å². The summed E-state index contributed by atoms with van der Waals surface area (Å²) in [7, 11) is 1.49. The second kappa shape index (κ2) is 53.3. The van der Waals surface area contributed by atoms with Gasteiger partial charge in [0.25, 0.3) is 0 Å². The number of esters is 2. The van der Waals surface area contributed by atoms with Crippen LogP contribution in [0.2, 0.25) is 0 Å². The standard InChI is InChI=1S/C61H118NO8P/c1-6-8-10-12-14-16-17-18-19-20-21-22-23-24-25-26-27-28-29-30-31-32-33-34-35-36-37-38-39-40-41-42-43-44-45-46-48-50-52-54-61(64)70-59(58-69-71(65,66)68-56-55-62(3,4)5)57-67-60(63)53-51-49-47-15-13-11-9-7-2/h17-18,20-21,59H,6-16,19,22-58H2,1-5H3/p+1/b18-17-,21-20-. The second-order valence-electron chi connectivity index (χ2n) is 22.1. The molecule has 0 fully saturated rings. The third-order valence-electron chi connectivity index (χ3n) is 13.7. The molecule has 0 aliphatic carbocycles. The first-order valence-electron chi connectivity index (χ1n) is 30.6. The number of carbonyl (C=O) groups excluding carboxylic acids is 2. The first kappa shape index (κ1) is 69.5. The van der Waals surface area contributed by atoms with Gasteiger partial charge in [0.15, 0.2) is 6.10 Å². The monoisotopic (exact) mass is 1020 g/mol. The summed E-state index contributed by atoms with van der Waals surface area (Å²) >= 11 is 0. The molecule has 0 spiro atoms. The van der Waals surface area contributed by atoms with Gasteiger partial charge in [0, 0.05) is 12.8 Å². The first-order valence-corrected chi connectivity index (χ1v) is 32.1. The molecule has 0 aromatic carbocycles. The lowest BCUT2D eigenvalue weighted by Crippen LogP contribution is -2.37. The minimum atomic E-state index is -4.37. The third-order valence-corrected chi connectivity index (χ3v) is 14.7. The van der Waals surface area contributed by atoms with Crippen LogP contribution in [0.1, 0.15) is 303 Å². The maximum Gasteiger partial charge on any atom is 0.472 e. The molecule has 2 unspecified atom stereocenters. The number of quaternary nitrogens is 1. The van der Waals surface area contributed by atoms with Gasteiger partial charge >= 0.3 is 19.8 Å². The fourth-order valence-electron chi connectivity index (χ4n) is 8.99. The summed E-state index contributed by atoms with van der Waals surface area (Å²) in [4.78, 5) is 35.4. The molecule has 2 atom stereocenters. The topological polar surface area (TPSA) is 108 Å². The van der Waals surface area contributed by atoms with Gasteiger partial charge in [-0.1, -0.05) is 269 Å². The maximum atomic E-state index is 12.7. The van der Waals surface area contributed by atoms with Crippen LogP contribution < -0.4 is 0 Å². The van der Waals surface area contributed by atoms with Gasteiger partial charge < -0.3 is 18.9 Å². The number of unbranched alkanes of at least 4 members (excludes halogenated alkanes) is 39. The summed E-state index contributed by atoms with van der Waals surface area (Å²) in [6.45, 7) is 4.42. The molecule has 0 aliphatic heterocycles. The van der Waals surface area contributed by atoms with Gasteiger partial charge in [0.05, 0.1) is 27.7 Å². The molecule has 0 heterocycles. The van der Waals surface area contributed by atoms with E-state index >= 15 is 0 Å². The molecule has 9 nitrogen and oxygen atoms in total. The quantitative estimate of drug-likeness (QED) is 0.0211. The molecule has 0 rings (SSSR count). The van der Waals surface area contributed by atoms with Gasteiger partial charge in [-0.05, 0) is 44.9 Å². The van der Waals surface area contributed by atoms with E-state index in [1.165, 1.54) is 231 Å². The summed E-state index contributed by atoms with van der Waals surface area (Å²) in [6.07, 6.45) is 64.6. The van der Waals surface area contributed by atoms with Crippen molar-refractivity contribution in [1.82, 2.24) is 0 Å². The lowest BCUT2D eigenvalue weighted by Gasteiger charge is -2.24. The smallest absolute Gasteiger partial charge is 0.462 e. The number of phosphoric ester groups is 1. The number of carbonyl (C=O) groups is 2. The minimum absolute atomic E-state index is 0.0356. The van der Waals surface area contributed by atoms with Crippen molar-refractivity contribution >= 4 is 19.8 Å². The number of phosphoric acid groups is 1. The minimum Gasteiger partial charge on any atom is -0.462 e. The molecule has 0 amide bonds. The fraction of sp³-hybridized carbons (Fsp3) is 0.902. The summed E-state index contributed by atoms with van der Waals surface area (Å²) in [5, 5.41) is 0.